The molecule has 2 aromatic rings. The Labute approximate surface area is 662 Å². The van der Waals surface area contributed by atoms with Gasteiger partial charge in [-0.1, -0.05) is 94.8 Å². The summed E-state index contributed by atoms with van der Waals surface area (Å²) >= 11 is 0. The highest BCUT2D eigenvalue weighted by Crippen LogP contribution is 2.31. The second-order valence-corrected chi connectivity index (χ2v) is 28.0. The van der Waals surface area contributed by atoms with Crippen molar-refractivity contribution >= 4 is 130 Å². The summed E-state index contributed by atoms with van der Waals surface area (Å²) in [5.41, 5.74) is 19.5. The first kappa shape index (κ1) is 95.5. The molecule has 13 atom stereocenters. The van der Waals surface area contributed by atoms with E-state index in [0.29, 0.717) is 24.8 Å². The van der Waals surface area contributed by atoms with Crippen molar-refractivity contribution < 1.29 is 125 Å². The molecule has 1 heterocycles. The molecule has 0 saturated carbocycles. The third kappa shape index (κ3) is 33.0. The van der Waals surface area contributed by atoms with Crippen LogP contribution in [0, 0.1) is 23.7 Å². The van der Waals surface area contributed by atoms with Crippen LogP contribution in [0.4, 0.5) is 5.69 Å². The zero-order valence-electron chi connectivity index (χ0n) is 64.5. The molecule has 1 saturated heterocycles. The monoisotopic (exact) mass is 1620 g/mol. The summed E-state index contributed by atoms with van der Waals surface area (Å²) in [6.07, 6.45) is -1.27. The first-order valence-corrected chi connectivity index (χ1v) is 37.7. The number of primary amides is 1. The molecule has 2 aliphatic rings. The minimum absolute atomic E-state index is 0.00293. The number of unbranched alkanes of at least 4 members (excludes halogenated alkanes) is 6. The van der Waals surface area contributed by atoms with Gasteiger partial charge in [0.2, 0.25) is 65.0 Å². The van der Waals surface area contributed by atoms with Crippen LogP contribution in [0.15, 0.2) is 54.6 Å². The van der Waals surface area contributed by atoms with Crippen LogP contribution in [-0.4, -0.2) is 228 Å². The number of nitrogens with one attached hydrogen (secondary N) is 10. The quantitative estimate of drug-likeness (QED) is 0.00815. The van der Waals surface area contributed by atoms with Gasteiger partial charge in [0.25, 0.3) is 12.9 Å². The second kappa shape index (κ2) is 49.6. The number of allylic oxidation sites excluding steroid dienone is 1. The number of para-hydroxylation sites is 1. The first-order chi connectivity index (χ1) is 54.6. The minimum atomic E-state index is -2.36. The molecule has 39 nitrogen and oxygen atoms in total. The van der Waals surface area contributed by atoms with E-state index in [1.54, 1.807) is 6.07 Å². The van der Waals surface area contributed by atoms with Crippen LogP contribution in [0.1, 0.15) is 165 Å². The SMILES string of the molecule is CCCCCCCCCC(=O)N[C@@H](CC1=CCc2ccccc21)C(=O)N[C@H](CC(N)=O)C(=O)C[C@@H](CC(=O)O)C(=O)N[C@@H]1C(=O)NCC(=O)N[C@@H](CCCN)C(=O)C[C@@H](COC=O)C(=O)N[C@H](C)C(=O)N[C@@H](COC=O)C(=O)NCC(=O)N[C@H](CO)C(=O)C[C@@H](C(C)CC(=O)O)C(=O)N[C@@H](CC(=O)c2ccccc2N)C(=O)O[C@@H]1C. The van der Waals surface area contributed by atoms with E-state index in [2.05, 4.69) is 64.8 Å². The number of aliphatic carboxylic acids is 2. The molecule has 0 bridgehead atoms. The van der Waals surface area contributed by atoms with Crippen LogP contribution in [0.5, 0.6) is 0 Å². The van der Waals surface area contributed by atoms with Gasteiger partial charge in [0.15, 0.2) is 23.1 Å². The van der Waals surface area contributed by atoms with Crippen LogP contribution >= 0.6 is 0 Å². The number of Topliss-reactive ketones (excluding diaryl/α,β-unsaturated/α-hetero) is 4. The number of nitrogen functional groups attached to an aromatic ring is 1. The maximum Gasteiger partial charge on any atom is 0.329 e. The topological polar surface area (TPSA) is 628 Å². The van der Waals surface area contributed by atoms with Crippen molar-refractivity contribution in [3.63, 3.8) is 0 Å². The Hall–Kier alpha value is -11.9. The van der Waals surface area contributed by atoms with Crippen molar-refractivity contribution in [3.05, 3.63) is 71.3 Å². The lowest BCUT2D eigenvalue weighted by molar-refractivity contribution is -0.156. The molecular weight excluding hydrogens is 1510 g/mol. The molecule has 1 aliphatic heterocycles. The van der Waals surface area contributed by atoms with E-state index in [1.165, 1.54) is 31.2 Å². The van der Waals surface area contributed by atoms with E-state index in [0.717, 1.165) is 57.1 Å². The van der Waals surface area contributed by atoms with E-state index in [1.807, 2.05) is 24.3 Å². The number of rotatable bonds is 38. The summed E-state index contributed by atoms with van der Waals surface area (Å²) in [7, 11) is 0. The number of carboxylic acid groups (broad SMARTS) is 2. The predicted octanol–water partition coefficient (Wildman–Crippen LogP) is -2.65. The standard InChI is InChI=1S/C76H105N13O26/c1-5-6-7-8-9-10-11-22-63(98)84-54(27-45-24-23-44-17-12-13-18-48(44)45)74(110)86-53(33-62(79)97)60(95)28-46(30-67(103)104)70(106)89-68-43(4)115-76(112)55(32-58(93)49-19-14-15-20-51(49)78)87-72(108)50(41(2)26-66(101)102)31-61(96)56(36-90)85-65(100)34-80-73(109)57(38-114-40-92)88-69(105)42(3)82-71(107)47(37-113-39-91)29-59(94)52(21-16-25-77)83-64(99)35-81-75(68)111/h12-15,17-20,24,39-43,46-47,50,52-57,68,90H,5-11,16,21-23,25-38,77-78H2,1-4H3,(H2,79,97)(H,80,109)(H,81,111)(H,82,107)(H,83,99)(H,84,98)(H,85,100)(H,86,110)(H,87,108)(H,88,105)(H,89,106)(H,101,102)(H,103,104)/t41?,42-,43-,46+,47+,50+,52+,53-,54+,55+,56-,57+,68+/m1/s1. The van der Waals surface area contributed by atoms with E-state index in [9.17, 15) is 111 Å². The van der Waals surface area contributed by atoms with Crippen molar-refractivity contribution in [1.29, 1.82) is 0 Å². The third-order valence-electron chi connectivity index (χ3n) is 19.0. The molecule has 0 spiro atoms. The van der Waals surface area contributed by atoms with Gasteiger partial charge in [-0.3, -0.25) is 91.1 Å². The van der Waals surface area contributed by atoms with Crippen LogP contribution in [0.25, 0.3) is 5.57 Å². The number of carbonyl (C=O) groups is 20. The smallest absolute Gasteiger partial charge is 0.329 e. The highest BCUT2D eigenvalue weighted by Gasteiger charge is 2.41. The number of cyclic esters (lactones) is 1. The molecular formula is C76H105N13O26. The van der Waals surface area contributed by atoms with E-state index >= 15 is 0 Å². The average Bonchev–Trinajstić information content (AvgIpc) is 1.28. The fourth-order valence-electron chi connectivity index (χ4n) is 12.6. The number of ketones is 4. The number of hydrogen-bond donors (Lipinski definition) is 16. The summed E-state index contributed by atoms with van der Waals surface area (Å²) in [5.74, 6) is -29.1. The number of esters is 1. The number of nitrogens with two attached hydrogens (primary N) is 3. The van der Waals surface area contributed by atoms with Crippen molar-refractivity contribution in [1.82, 2.24) is 53.2 Å². The van der Waals surface area contributed by atoms with E-state index in [-0.39, 0.29) is 56.4 Å². The molecule has 2 aromatic carbocycles. The normalized spacial score (nSPS) is 21.7. The lowest BCUT2D eigenvalue weighted by atomic mass is 9.84. The Morgan fingerprint density at radius 3 is 1.89 bits per heavy atom. The summed E-state index contributed by atoms with van der Waals surface area (Å²) in [4.78, 5) is 273. The largest absolute Gasteiger partial charge is 0.481 e. The van der Waals surface area contributed by atoms with Crippen LogP contribution in [0.3, 0.4) is 0 Å². The number of aliphatic hydroxyl groups is 1. The Morgan fingerprint density at radius 2 is 1.25 bits per heavy atom. The van der Waals surface area contributed by atoms with Gasteiger partial charge in [0.05, 0.1) is 56.5 Å². The van der Waals surface area contributed by atoms with Crippen LogP contribution in [0.2, 0.25) is 0 Å². The van der Waals surface area contributed by atoms with Crippen molar-refractivity contribution in [3.8, 4) is 0 Å². The van der Waals surface area contributed by atoms with Gasteiger partial charge in [-0.05, 0) is 80.8 Å². The summed E-state index contributed by atoms with van der Waals surface area (Å²) in [5, 5.41) is 53.6. The fourth-order valence-corrected chi connectivity index (χ4v) is 12.6. The molecule has 1 unspecified atom stereocenters. The Balaban J connectivity index is 1.87. The van der Waals surface area contributed by atoms with E-state index < -0.39 is 262 Å². The Bertz CT molecular complexity index is 3870. The van der Waals surface area contributed by atoms with Crippen LogP contribution in [-0.2, 0) is 112 Å². The van der Waals surface area contributed by atoms with Gasteiger partial charge in [0.1, 0.15) is 55.6 Å². The molecule has 0 radical (unpaired) electrons. The van der Waals surface area contributed by atoms with Gasteiger partial charge in [-0.2, -0.15) is 0 Å². The number of ether oxygens (including phenoxy) is 3. The zero-order valence-corrected chi connectivity index (χ0v) is 64.5. The molecule has 630 valence electrons. The molecule has 19 N–H and O–H groups in total. The molecule has 1 fully saturated rings. The predicted molar refractivity (Wildman–Crippen MR) is 404 cm³/mol. The van der Waals surface area contributed by atoms with Crippen molar-refractivity contribution in [2.24, 2.45) is 35.1 Å². The molecule has 39 heteroatoms. The van der Waals surface area contributed by atoms with Gasteiger partial charge in [-0.25, -0.2) is 4.79 Å². The first-order valence-electron chi connectivity index (χ1n) is 37.7. The number of aliphatic hydroxyl groups excluding tert-OH is 1. The second-order valence-electron chi connectivity index (χ2n) is 28.0. The van der Waals surface area contributed by atoms with Crippen molar-refractivity contribution in [2.45, 2.75) is 204 Å². The molecule has 4 rings (SSSR count). The Morgan fingerprint density at radius 1 is 0.643 bits per heavy atom. The number of fused-ring (bicyclic) bond motifs is 1. The molecule has 11 amide bonds. The summed E-state index contributed by atoms with van der Waals surface area (Å²) in [6.45, 7) is -0.111. The van der Waals surface area contributed by atoms with Gasteiger partial charge >= 0.3 is 17.9 Å². The Kier molecular flexibility index (Phi) is 41.2. The number of carbonyl (C=O) groups excluding carboxylic acids is 18. The molecule has 1 aliphatic carbocycles. The molecule has 0 aromatic heterocycles. The maximum atomic E-state index is 14.9. The maximum absolute atomic E-state index is 14.9. The van der Waals surface area contributed by atoms with Gasteiger partial charge < -0.3 is 99.9 Å². The number of anilines is 1. The van der Waals surface area contributed by atoms with Gasteiger partial charge in [0, 0.05) is 62.1 Å². The third-order valence-corrected chi connectivity index (χ3v) is 19.0. The number of benzene rings is 2. The lowest BCUT2D eigenvalue weighted by Crippen LogP contribution is -2.57. The zero-order chi connectivity index (χ0) is 85.4. The average molecular weight is 1620 g/mol. The van der Waals surface area contributed by atoms with Gasteiger partial charge in [-0.15, -0.1) is 0 Å². The highest BCUT2D eigenvalue weighted by atomic mass is 16.5. The number of carboxylic acids is 2. The van der Waals surface area contributed by atoms with E-state index in [4.69, 9.17) is 26.7 Å². The summed E-state index contributed by atoms with van der Waals surface area (Å²) < 4.78 is 15.3. The lowest BCUT2D eigenvalue weighted by Gasteiger charge is -2.29. The number of hydrogen-bond acceptors (Lipinski definition) is 26. The van der Waals surface area contributed by atoms with Crippen LogP contribution < -0.4 is 70.4 Å². The minimum Gasteiger partial charge on any atom is -0.481 e. The van der Waals surface area contributed by atoms with Crippen molar-refractivity contribution in [2.75, 3.05) is 45.2 Å². The molecule has 115 heavy (non-hydrogen) atoms. The number of amides is 11. The highest BCUT2D eigenvalue weighted by molar-refractivity contribution is 6.05. The summed E-state index contributed by atoms with van der Waals surface area (Å²) in [6, 6.07) is -2.29. The fraction of sp³-hybridized carbons (Fsp3) is 0.553.